The highest BCUT2D eigenvalue weighted by Crippen LogP contribution is 2.17. The Morgan fingerprint density at radius 2 is 2.03 bits per heavy atom. The van der Waals surface area contributed by atoms with Gasteiger partial charge in [-0.05, 0) is 36.6 Å². The third-order valence-corrected chi connectivity index (χ3v) is 4.22. The molecule has 0 atom stereocenters. The monoisotopic (exact) mass is 506 g/mol. The van der Waals surface area contributed by atoms with Crippen LogP contribution < -0.4 is 15.4 Å². The van der Waals surface area contributed by atoms with E-state index in [9.17, 15) is 0 Å². The average molecular weight is 506 g/mol. The molecule has 0 amide bonds. The van der Waals surface area contributed by atoms with Crippen LogP contribution in [-0.4, -0.2) is 40.7 Å². The lowest BCUT2D eigenvalue weighted by molar-refractivity contribution is 0.409. The molecule has 2 N–H and O–H groups in total. The van der Waals surface area contributed by atoms with Crippen molar-refractivity contribution in [3.05, 3.63) is 72.4 Å². The van der Waals surface area contributed by atoms with E-state index in [1.54, 1.807) is 19.6 Å². The van der Waals surface area contributed by atoms with Crippen LogP contribution in [0.3, 0.4) is 0 Å². The number of aliphatic imine (C=N–C) groups is 1. The molecule has 0 aliphatic rings. The van der Waals surface area contributed by atoms with Gasteiger partial charge in [0.15, 0.2) is 5.96 Å². The third kappa shape index (κ3) is 6.74. The van der Waals surface area contributed by atoms with Gasteiger partial charge < -0.3 is 15.4 Å². The van der Waals surface area contributed by atoms with Crippen molar-refractivity contribution in [2.24, 2.45) is 4.99 Å². The van der Waals surface area contributed by atoms with Crippen LogP contribution in [0.25, 0.3) is 5.82 Å². The van der Waals surface area contributed by atoms with E-state index in [2.05, 4.69) is 38.6 Å². The molecule has 0 radical (unpaired) electrons. The van der Waals surface area contributed by atoms with E-state index in [0.717, 1.165) is 42.6 Å². The van der Waals surface area contributed by atoms with Gasteiger partial charge in [-0.15, -0.1) is 24.0 Å². The smallest absolute Gasteiger partial charge is 0.191 e. The molecule has 0 aliphatic carbocycles. The summed E-state index contributed by atoms with van der Waals surface area (Å²) < 4.78 is 7.28. The second-order valence-electron chi connectivity index (χ2n) is 6.18. The fourth-order valence-electron chi connectivity index (χ4n) is 2.79. The van der Waals surface area contributed by atoms with Gasteiger partial charge in [0.05, 0.1) is 13.7 Å². The molecule has 0 saturated carbocycles. The summed E-state index contributed by atoms with van der Waals surface area (Å²) in [5.41, 5.74) is 2.22. The first kappa shape index (κ1) is 22.7. The molecule has 7 nitrogen and oxygen atoms in total. The molecule has 154 valence electrons. The van der Waals surface area contributed by atoms with Gasteiger partial charge in [0, 0.05) is 31.7 Å². The minimum atomic E-state index is 0. The number of aromatic nitrogens is 3. The van der Waals surface area contributed by atoms with E-state index < -0.39 is 0 Å². The van der Waals surface area contributed by atoms with Crippen molar-refractivity contribution in [3.63, 3.8) is 0 Å². The predicted octanol–water partition coefficient (Wildman–Crippen LogP) is 3.19. The van der Waals surface area contributed by atoms with Crippen molar-refractivity contribution < 1.29 is 4.74 Å². The van der Waals surface area contributed by atoms with Crippen LogP contribution in [0.1, 0.15) is 18.1 Å². The Labute approximate surface area is 188 Å². The van der Waals surface area contributed by atoms with E-state index in [0.29, 0.717) is 6.54 Å². The standard InChI is InChI=1S/C21H26N6O.HI/c1-3-23-21(24-11-10-18-6-4-5-7-19(18)28-2)26-15-17-8-9-20(25-14-17)27-13-12-22-16-27;/h4-9,12-14,16H,3,10-11,15H2,1-2H3,(H2,23,24,26);1H. The SMILES string of the molecule is CCNC(=NCc1ccc(-n2ccnc2)nc1)NCCc1ccccc1OC.I. The molecule has 2 aromatic heterocycles. The first-order valence-corrected chi connectivity index (χ1v) is 9.37. The first-order chi connectivity index (χ1) is 13.8. The average Bonchev–Trinajstić information content (AvgIpc) is 3.27. The van der Waals surface area contributed by atoms with Gasteiger partial charge in [-0.25, -0.2) is 15.0 Å². The first-order valence-electron chi connectivity index (χ1n) is 9.37. The number of rotatable bonds is 8. The van der Waals surface area contributed by atoms with E-state index in [1.807, 2.05) is 47.3 Å². The number of hydrogen-bond acceptors (Lipinski definition) is 4. The van der Waals surface area contributed by atoms with Crippen LogP contribution >= 0.6 is 24.0 Å². The summed E-state index contributed by atoms with van der Waals surface area (Å²) in [4.78, 5) is 13.2. The Morgan fingerprint density at radius 1 is 1.17 bits per heavy atom. The molecule has 3 rings (SSSR count). The van der Waals surface area contributed by atoms with Gasteiger partial charge in [-0.1, -0.05) is 24.3 Å². The topological polar surface area (TPSA) is 76.4 Å². The van der Waals surface area contributed by atoms with Gasteiger partial charge in [0.2, 0.25) is 0 Å². The highest BCUT2D eigenvalue weighted by atomic mass is 127. The number of para-hydroxylation sites is 1. The number of imidazole rings is 1. The van der Waals surface area contributed by atoms with E-state index >= 15 is 0 Å². The zero-order chi connectivity index (χ0) is 19.6. The zero-order valence-electron chi connectivity index (χ0n) is 16.7. The second kappa shape index (κ2) is 12.1. The van der Waals surface area contributed by atoms with Crippen LogP contribution in [0.2, 0.25) is 0 Å². The molecule has 2 heterocycles. The molecule has 0 bridgehead atoms. The molecule has 1 aromatic carbocycles. The Bertz CT molecular complexity index is 880. The molecule has 0 spiro atoms. The van der Waals surface area contributed by atoms with Crippen molar-refractivity contribution >= 4 is 29.9 Å². The largest absolute Gasteiger partial charge is 0.496 e. The summed E-state index contributed by atoms with van der Waals surface area (Å²) in [5, 5.41) is 6.65. The molecule has 0 fully saturated rings. The van der Waals surface area contributed by atoms with Crippen LogP contribution in [0.15, 0.2) is 66.3 Å². The number of nitrogens with one attached hydrogen (secondary N) is 2. The number of nitrogens with zero attached hydrogens (tertiary/aromatic N) is 4. The fourth-order valence-corrected chi connectivity index (χ4v) is 2.79. The van der Waals surface area contributed by atoms with Crippen molar-refractivity contribution in [3.8, 4) is 11.6 Å². The molecule has 0 saturated heterocycles. The number of hydrogen-bond donors (Lipinski definition) is 2. The fraction of sp³-hybridized carbons (Fsp3) is 0.286. The molecule has 0 aliphatic heterocycles. The Kier molecular flexibility index (Phi) is 9.42. The van der Waals surface area contributed by atoms with Crippen LogP contribution in [0.4, 0.5) is 0 Å². The van der Waals surface area contributed by atoms with Crippen molar-refractivity contribution in [2.45, 2.75) is 19.9 Å². The van der Waals surface area contributed by atoms with Crippen molar-refractivity contribution in [2.75, 3.05) is 20.2 Å². The number of pyridine rings is 1. The van der Waals surface area contributed by atoms with E-state index in [-0.39, 0.29) is 24.0 Å². The summed E-state index contributed by atoms with van der Waals surface area (Å²) >= 11 is 0. The van der Waals surface area contributed by atoms with Gasteiger partial charge in [-0.3, -0.25) is 4.57 Å². The maximum Gasteiger partial charge on any atom is 0.191 e. The zero-order valence-corrected chi connectivity index (χ0v) is 19.0. The van der Waals surface area contributed by atoms with Crippen molar-refractivity contribution in [1.29, 1.82) is 0 Å². The minimum Gasteiger partial charge on any atom is -0.496 e. The summed E-state index contributed by atoms with van der Waals surface area (Å²) in [6, 6.07) is 12.1. The summed E-state index contributed by atoms with van der Waals surface area (Å²) in [6.07, 6.45) is 8.04. The summed E-state index contributed by atoms with van der Waals surface area (Å²) in [6.45, 7) is 4.18. The highest BCUT2D eigenvalue weighted by molar-refractivity contribution is 14.0. The number of methoxy groups -OCH3 is 1. The van der Waals surface area contributed by atoms with Crippen molar-refractivity contribution in [1.82, 2.24) is 25.2 Å². The minimum absolute atomic E-state index is 0. The number of benzene rings is 1. The van der Waals surface area contributed by atoms with E-state index in [1.165, 1.54) is 5.56 Å². The summed E-state index contributed by atoms with van der Waals surface area (Å²) in [5.74, 6) is 2.54. The number of guanidine groups is 1. The maximum absolute atomic E-state index is 5.41. The van der Waals surface area contributed by atoms with Gasteiger partial charge >= 0.3 is 0 Å². The molecule has 3 aromatic rings. The van der Waals surface area contributed by atoms with Gasteiger partial charge in [0.1, 0.15) is 17.9 Å². The number of ether oxygens (including phenoxy) is 1. The Hall–Kier alpha value is -2.62. The Balaban J connectivity index is 0.00000300. The quantitative estimate of drug-likeness (QED) is 0.279. The molecule has 8 heteroatoms. The predicted molar refractivity (Wildman–Crippen MR) is 126 cm³/mol. The third-order valence-electron chi connectivity index (χ3n) is 4.22. The molecule has 29 heavy (non-hydrogen) atoms. The second-order valence-corrected chi connectivity index (χ2v) is 6.18. The van der Waals surface area contributed by atoms with Gasteiger partial charge in [-0.2, -0.15) is 0 Å². The van der Waals surface area contributed by atoms with Crippen LogP contribution in [0, 0.1) is 0 Å². The highest BCUT2D eigenvalue weighted by Gasteiger charge is 2.03. The lowest BCUT2D eigenvalue weighted by Crippen LogP contribution is -2.38. The lowest BCUT2D eigenvalue weighted by Gasteiger charge is -2.12. The number of halogens is 1. The van der Waals surface area contributed by atoms with Crippen LogP contribution in [-0.2, 0) is 13.0 Å². The van der Waals surface area contributed by atoms with Crippen LogP contribution in [0.5, 0.6) is 5.75 Å². The normalized spacial score (nSPS) is 10.9. The summed E-state index contributed by atoms with van der Waals surface area (Å²) in [7, 11) is 1.70. The molecular formula is C21H27IN6O. The molecular weight excluding hydrogens is 479 g/mol. The molecule has 0 unspecified atom stereocenters. The van der Waals surface area contributed by atoms with Gasteiger partial charge in [0.25, 0.3) is 0 Å². The Morgan fingerprint density at radius 3 is 2.72 bits per heavy atom. The lowest BCUT2D eigenvalue weighted by atomic mass is 10.1. The maximum atomic E-state index is 5.41. The van der Waals surface area contributed by atoms with E-state index in [4.69, 9.17) is 4.74 Å².